The number of nitrogens with one attached hydrogen (secondary N) is 1. The van der Waals surface area contributed by atoms with Crippen LogP contribution in [0.3, 0.4) is 0 Å². The van der Waals surface area contributed by atoms with Gasteiger partial charge in [-0.25, -0.2) is 4.57 Å². The minimum atomic E-state index is -0.0750. The highest BCUT2D eigenvalue weighted by molar-refractivity contribution is 5.93. The normalized spacial score (nSPS) is 11.2. The number of anilines is 1. The zero-order chi connectivity index (χ0) is 31.8. The highest BCUT2D eigenvalue weighted by Crippen LogP contribution is 2.35. The number of benzene rings is 2. The standard InChI is InChI=1S/C40H58N2O2.BrH/c1-7-8-9-10-11-12-13-14-15-16-17-20-28-44-39-34(23-21-24-36(39)40(4,5)6)29-38(43)41-37-25-19-18-22-35(37)31-42-27-26-32(2)33(3)30-42;/h18-19,21-27,30H,7-17,20,28-29,31H2,1-6H3;1H. The maximum absolute atomic E-state index is 13.4. The SMILES string of the molecule is CCCCCCCCCCCCCCOc1c(CC(=O)Nc2ccccc2C[n+]2ccc(C)c(C)c2)cccc1C(C)(C)C.[Br-]. The van der Waals surface area contributed by atoms with E-state index in [1.807, 2.05) is 24.3 Å². The molecular weight excluding hydrogens is 620 g/mol. The number of carbonyl (C=O) groups is 1. The molecule has 0 aliphatic heterocycles. The summed E-state index contributed by atoms with van der Waals surface area (Å²) in [5.74, 6) is 0.862. The molecule has 3 rings (SSSR count). The van der Waals surface area contributed by atoms with Crippen molar-refractivity contribution in [1.29, 1.82) is 0 Å². The number of para-hydroxylation sites is 2. The number of hydrogen-bond acceptors (Lipinski definition) is 2. The van der Waals surface area contributed by atoms with Crippen molar-refractivity contribution in [2.75, 3.05) is 11.9 Å². The van der Waals surface area contributed by atoms with Crippen LogP contribution in [-0.2, 0) is 23.2 Å². The topological polar surface area (TPSA) is 42.2 Å². The number of aryl methyl sites for hydroxylation is 2. The first-order valence-electron chi connectivity index (χ1n) is 17.3. The van der Waals surface area contributed by atoms with E-state index >= 15 is 0 Å². The fraction of sp³-hybridized carbons (Fsp3) is 0.550. The smallest absolute Gasteiger partial charge is 0.228 e. The molecule has 248 valence electrons. The molecule has 0 aliphatic carbocycles. The molecular formula is C40H59BrN2O2. The van der Waals surface area contributed by atoms with Crippen molar-refractivity contribution in [3.63, 3.8) is 0 Å². The fourth-order valence-corrected chi connectivity index (χ4v) is 5.78. The average molecular weight is 680 g/mol. The lowest BCUT2D eigenvalue weighted by Crippen LogP contribution is -3.00. The van der Waals surface area contributed by atoms with Crippen LogP contribution < -0.4 is 31.6 Å². The Balaban J connectivity index is 0.00000705. The zero-order valence-electron chi connectivity index (χ0n) is 29.0. The molecule has 1 N–H and O–H groups in total. The van der Waals surface area contributed by atoms with Crippen LogP contribution in [0.25, 0.3) is 0 Å². The van der Waals surface area contributed by atoms with Gasteiger partial charge in [0.1, 0.15) is 5.75 Å². The number of amides is 1. The Morgan fingerprint density at radius 1 is 0.756 bits per heavy atom. The van der Waals surface area contributed by atoms with Crippen molar-refractivity contribution in [3.8, 4) is 5.75 Å². The van der Waals surface area contributed by atoms with Crippen LogP contribution in [0.15, 0.2) is 60.9 Å². The number of carbonyl (C=O) groups excluding carboxylic acids is 1. The molecule has 0 saturated heterocycles. The summed E-state index contributed by atoms with van der Waals surface area (Å²) >= 11 is 0. The van der Waals surface area contributed by atoms with Gasteiger partial charge in [-0.1, -0.05) is 135 Å². The lowest BCUT2D eigenvalue weighted by atomic mass is 9.84. The van der Waals surface area contributed by atoms with E-state index in [1.165, 1.54) is 81.8 Å². The van der Waals surface area contributed by atoms with Crippen molar-refractivity contribution in [3.05, 3.63) is 88.7 Å². The van der Waals surface area contributed by atoms with Crippen molar-refractivity contribution in [2.45, 2.75) is 137 Å². The molecule has 3 aromatic rings. The molecule has 0 radical (unpaired) electrons. The van der Waals surface area contributed by atoms with Gasteiger partial charge < -0.3 is 27.0 Å². The molecule has 0 saturated carbocycles. The molecule has 0 bridgehead atoms. The second-order valence-corrected chi connectivity index (χ2v) is 13.6. The summed E-state index contributed by atoms with van der Waals surface area (Å²) < 4.78 is 8.65. The van der Waals surface area contributed by atoms with Crippen molar-refractivity contribution < 1.29 is 31.1 Å². The van der Waals surface area contributed by atoms with Crippen LogP contribution in [0.1, 0.15) is 133 Å². The van der Waals surface area contributed by atoms with Crippen LogP contribution >= 0.6 is 0 Å². The molecule has 45 heavy (non-hydrogen) atoms. The van der Waals surface area contributed by atoms with E-state index in [9.17, 15) is 4.79 Å². The molecule has 0 fully saturated rings. The second-order valence-electron chi connectivity index (χ2n) is 13.6. The van der Waals surface area contributed by atoms with Gasteiger partial charge in [0.2, 0.25) is 5.91 Å². The predicted octanol–water partition coefficient (Wildman–Crippen LogP) is 7.20. The van der Waals surface area contributed by atoms with Gasteiger partial charge in [-0.2, -0.15) is 0 Å². The number of unbranched alkanes of at least 4 members (excludes halogenated alkanes) is 11. The van der Waals surface area contributed by atoms with Crippen LogP contribution in [0.4, 0.5) is 5.69 Å². The van der Waals surface area contributed by atoms with Gasteiger partial charge in [-0.05, 0) is 42.9 Å². The van der Waals surface area contributed by atoms with Gasteiger partial charge in [0.25, 0.3) is 0 Å². The Hall–Kier alpha value is -2.66. The van der Waals surface area contributed by atoms with Crippen molar-refractivity contribution in [1.82, 2.24) is 0 Å². The van der Waals surface area contributed by atoms with E-state index in [1.54, 1.807) is 0 Å². The molecule has 5 heteroatoms. The van der Waals surface area contributed by atoms with Gasteiger partial charge in [-0.15, -0.1) is 0 Å². The largest absolute Gasteiger partial charge is 1.00 e. The van der Waals surface area contributed by atoms with E-state index in [2.05, 4.69) is 88.1 Å². The van der Waals surface area contributed by atoms with Gasteiger partial charge in [0, 0.05) is 22.8 Å². The van der Waals surface area contributed by atoms with E-state index in [4.69, 9.17) is 4.74 Å². The first kappa shape index (κ1) is 38.5. The summed E-state index contributed by atoms with van der Waals surface area (Å²) in [7, 11) is 0. The molecule has 0 atom stereocenters. The zero-order valence-corrected chi connectivity index (χ0v) is 30.6. The average Bonchev–Trinajstić information content (AvgIpc) is 2.98. The molecule has 0 unspecified atom stereocenters. The number of halogens is 1. The number of hydrogen-bond donors (Lipinski definition) is 1. The number of ether oxygens (including phenoxy) is 1. The molecule has 0 spiro atoms. The van der Waals surface area contributed by atoms with E-state index in [-0.39, 0.29) is 34.7 Å². The number of nitrogens with zero attached hydrogens (tertiary/aromatic N) is 1. The number of aromatic nitrogens is 1. The van der Waals surface area contributed by atoms with E-state index in [0.29, 0.717) is 13.2 Å². The summed E-state index contributed by atoms with van der Waals surface area (Å²) in [6.45, 7) is 14.6. The summed E-state index contributed by atoms with van der Waals surface area (Å²) in [6, 6.07) is 16.5. The third-order valence-corrected chi connectivity index (χ3v) is 8.64. The van der Waals surface area contributed by atoms with E-state index in [0.717, 1.165) is 34.5 Å². The molecule has 4 nitrogen and oxygen atoms in total. The Labute approximate surface area is 285 Å². The minimum absolute atomic E-state index is 0. The molecule has 1 aromatic heterocycles. The summed E-state index contributed by atoms with van der Waals surface area (Å²) in [4.78, 5) is 13.4. The van der Waals surface area contributed by atoms with Gasteiger partial charge >= 0.3 is 0 Å². The van der Waals surface area contributed by atoms with Crippen LogP contribution in [-0.4, -0.2) is 12.5 Å². The lowest BCUT2D eigenvalue weighted by Gasteiger charge is -2.25. The first-order valence-corrected chi connectivity index (χ1v) is 17.3. The first-order chi connectivity index (χ1) is 21.2. The second kappa shape index (κ2) is 20.5. The quantitative estimate of drug-likeness (QED) is 0.108. The summed E-state index contributed by atoms with van der Waals surface area (Å²) in [5, 5.41) is 3.20. The summed E-state index contributed by atoms with van der Waals surface area (Å²) in [6.07, 6.45) is 20.4. The highest BCUT2D eigenvalue weighted by Gasteiger charge is 2.23. The summed E-state index contributed by atoms with van der Waals surface area (Å²) in [5.41, 5.74) is 6.51. The van der Waals surface area contributed by atoms with Crippen LogP contribution in [0.5, 0.6) is 5.75 Å². The Morgan fingerprint density at radius 2 is 1.36 bits per heavy atom. The fourth-order valence-electron chi connectivity index (χ4n) is 5.78. The molecule has 0 aliphatic rings. The lowest BCUT2D eigenvalue weighted by molar-refractivity contribution is -0.688. The highest BCUT2D eigenvalue weighted by atomic mass is 79.9. The van der Waals surface area contributed by atoms with Gasteiger partial charge in [-0.3, -0.25) is 4.79 Å². The van der Waals surface area contributed by atoms with Gasteiger partial charge in [0.15, 0.2) is 18.9 Å². The van der Waals surface area contributed by atoms with Crippen LogP contribution in [0.2, 0.25) is 0 Å². The Morgan fingerprint density at radius 3 is 1.98 bits per heavy atom. The number of rotatable bonds is 19. The maximum Gasteiger partial charge on any atom is 0.228 e. The van der Waals surface area contributed by atoms with Gasteiger partial charge in [0.05, 0.1) is 18.7 Å². The molecule has 2 aromatic carbocycles. The third kappa shape index (κ3) is 13.7. The molecule has 1 heterocycles. The van der Waals surface area contributed by atoms with E-state index < -0.39 is 0 Å². The number of pyridine rings is 1. The third-order valence-electron chi connectivity index (χ3n) is 8.64. The van der Waals surface area contributed by atoms with Crippen LogP contribution in [0, 0.1) is 13.8 Å². The molecule has 1 amide bonds. The maximum atomic E-state index is 13.4. The Bertz CT molecular complexity index is 1300. The Kier molecular flexibility index (Phi) is 17.5. The van der Waals surface area contributed by atoms with Crippen molar-refractivity contribution in [2.24, 2.45) is 0 Å². The van der Waals surface area contributed by atoms with Crippen molar-refractivity contribution >= 4 is 11.6 Å². The minimum Gasteiger partial charge on any atom is -1.00 e. The monoisotopic (exact) mass is 678 g/mol. The predicted molar refractivity (Wildman–Crippen MR) is 186 cm³/mol.